The predicted octanol–water partition coefficient (Wildman–Crippen LogP) is 3.40. The summed E-state index contributed by atoms with van der Waals surface area (Å²) in [6.07, 6.45) is 6.30. The number of hydrogen-bond acceptors (Lipinski definition) is 3. The molecule has 1 aliphatic heterocycles. The molecule has 1 N–H and O–H groups in total. The maximum absolute atomic E-state index is 12.3. The van der Waals surface area contributed by atoms with Gasteiger partial charge in [0.2, 0.25) is 0 Å². The van der Waals surface area contributed by atoms with E-state index in [4.69, 9.17) is 0 Å². The molecule has 2 amide bonds. The minimum atomic E-state index is -0.103. The number of nitrogens with zero attached hydrogens (tertiary/aromatic N) is 2. The van der Waals surface area contributed by atoms with Crippen LogP contribution in [0, 0.1) is 0 Å². The van der Waals surface area contributed by atoms with Gasteiger partial charge in [-0.25, -0.2) is 4.79 Å². The van der Waals surface area contributed by atoms with Gasteiger partial charge in [-0.05, 0) is 48.6 Å². The quantitative estimate of drug-likeness (QED) is 0.860. The molecule has 102 valence electrons. The number of thioether (sulfide) groups is 1. The Morgan fingerprint density at radius 2 is 2.30 bits per heavy atom. The number of rotatable bonds is 2. The standard InChI is InChI=1S/C15H15N3OS/c1-20-13-4-5-14-11(9-13)6-8-18(14)15(19)17-12-3-2-7-16-10-12/h2-5,7,9-10H,6,8H2,1H3,(H,17,19). The van der Waals surface area contributed by atoms with Crippen LogP contribution in [0.25, 0.3) is 0 Å². The molecule has 0 atom stereocenters. The summed E-state index contributed by atoms with van der Waals surface area (Å²) in [6, 6.07) is 9.78. The van der Waals surface area contributed by atoms with E-state index in [0.29, 0.717) is 5.69 Å². The predicted molar refractivity (Wildman–Crippen MR) is 82.5 cm³/mol. The first-order chi connectivity index (χ1) is 9.78. The Kier molecular flexibility index (Phi) is 3.60. The average Bonchev–Trinajstić information content (AvgIpc) is 2.91. The molecule has 0 radical (unpaired) electrons. The summed E-state index contributed by atoms with van der Waals surface area (Å²) < 4.78 is 0. The van der Waals surface area contributed by atoms with Gasteiger partial charge in [0.05, 0.1) is 11.9 Å². The van der Waals surface area contributed by atoms with E-state index in [1.165, 1.54) is 10.5 Å². The number of anilines is 2. The number of aromatic nitrogens is 1. The van der Waals surface area contributed by atoms with Crippen LogP contribution in [-0.2, 0) is 6.42 Å². The maximum atomic E-state index is 12.3. The highest BCUT2D eigenvalue weighted by Crippen LogP contribution is 2.31. The van der Waals surface area contributed by atoms with Gasteiger partial charge in [-0.2, -0.15) is 0 Å². The van der Waals surface area contributed by atoms with Crippen LogP contribution in [0.2, 0.25) is 0 Å². The SMILES string of the molecule is CSc1ccc2c(c1)CCN2C(=O)Nc1cccnc1. The zero-order valence-corrected chi connectivity index (χ0v) is 12.0. The van der Waals surface area contributed by atoms with Crippen molar-refractivity contribution < 1.29 is 4.79 Å². The number of urea groups is 1. The minimum Gasteiger partial charge on any atom is -0.306 e. The molecule has 20 heavy (non-hydrogen) atoms. The Hall–Kier alpha value is -2.01. The van der Waals surface area contributed by atoms with Gasteiger partial charge >= 0.3 is 6.03 Å². The van der Waals surface area contributed by atoms with Gasteiger partial charge in [0.1, 0.15) is 0 Å². The summed E-state index contributed by atoms with van der Waals surface area (Å²) in [5.41, 5.74) is 2.95. The molecule has 0 spiro atoms. The van der Waals surface area contributed by atoms with Crippen LogP contribution in [0.5, 0.6) is 0 Å². The van der Waals surface area contributed by atoms with Crippen LogP contribution in [0.15, 0.2) is 47.6 Å². The molecule has 1 aromatic heterocycles. The van der Waals surface area contributed by atoms with Crippen molar-refractivity contribution in [3.63, 3.8) is 0 Å². The highest BCUT2D eigenvalue weighted by Gasteiger charge is 2.24. The van der Waals surface area contributed by atoms with E-state index in [2.05, 4.69) is 28.7 Å². The molecule has 5 heteroatoms. The zero-order chi connectivity index (χ0) is 13.9. The van der Waals surface area contributed by atoms with Crippen LogP contribution in [-0.4, -0.2) is 23.8 Å². The third kappa shape index (κ3) is 2.49. The van der Waals surface area contributed by atoms with Crippen LogP contribution in [0.3, 0.4) is 0 Å². The molecule has 0 unspecified atom stereocenters. The summed E-state index contributed by atoms with van der Waals surface area (Å²) in [6.45, 7) is 0.721. The molecule has 1 aromatic carbocycles. The van der Waals surface area contributed by atoms with E-state index < -0.39 is 0 Å². The third-order valence-corrected chi connectivity index (χ3v) is 4.07. The molecule has 4 nitrogen and oxygen atoms in total. The van der Waals surface area contributed by atoms with Crippen LogP contribution in [0.1, 0.15) is 5.56 Å². The monoisotopic (exact) mass is 285 g/mol. The first-order valence-electron chi connectivity index (χ1n) is 6.43. The maximum Gasteiger partial charge on any atom is 0.326 e. The molecule has 0 saturated carbocycles. The number of amides is 2. The molecular formula is C15H15N3OS. The molecule has 0 saturated heterocycles. The number of nitrogens with one attached hydrogen (secondary N) is 1. The Bertz CT molecular complexity index is 630. The second-order valence-electron chi connectivity index (χ2n) is 4.57. The van der Waals surface area contributed by atoms with Crippen LogP contribution < -0.4 is 10.2 Å². The number of carbonyl (C=O) groups excluding carboxylic acids is 1. The van der Waals surface area contributed by atoms with Gasteiger partial charge in [0.25, 0.3) is 0 Å². The summed E-state index contributed by atoms with van der Waals surface area (Å²) in [7, 11) is 0. The molecule has 3 rings (SSSR count). The summed E-state index contributed by atoms with van der Waals surface area (Å²) in [5.74, 6) is 0. The fraction of sp³-hybridized carbons (Fsp3) is 0.200. The highest BCUT2D eigenvalue weighted by molar-refractivity contribution is 7.98. The normalized spacial score (nSPS) is 13.2. The smallest absolute Gasteiger partial charge is 0.306 e. The second kappa shape index (κ2) is 5.54. The van der Waals surface area contributed by atoms with E-state index in [0.717, 1.165) is 18.7 Å². The van der Waals surface area contributed by atoms with Crippen molar-refractivity contribution >= 4 is 29.2 Å². The highest BCUT2D eigenvalue weighted by atomic mass is 32.2. The molecule has 2 heterocycles. The van der Waals surface area contributed by atoms with E-state index in [1.807, 2.05) is 12.1 Å². The first kappa shape index (κ1) is 13.0. The second-order valence-corrected chi connectivity index (χ2v) is 5.45. The number of pyridine rings is 1. The first-order valence-corrected chi connectivity index (χ1v) is 7.66. The third-order valence-electron chi connectivity index (χ3n) is 3.34. The van der Waals surface area contributed by atoms with Crippen molar-refractivity contribution in [1.82, 2.24) is 4.98 Å². The lowest BCUT2D eigenvalue weighted by Gasteiger charge is -2.18. The number of fused-ring (bicyclic) bond motifs is 1. The Labute approximate surface area is 122 Å². The minimum absolute atomic E-state index is 0.103. The Morgan fingerprint density at radius 1 is 1.40 bits per heavy atom. The van der Waals surface area contributed by atoms with E-state index in [-0.39, 0.29) is 6.03 Å². The lowest BCUT2D eigenvalue weighted by Crippen LogP contribution is -2.33. The van der Waals surface area contributed by atoms with Gasteiger partial charge in [-0.15, -0.1) is 11.8 Å². The zero-order valence-electron chi connectivity index (χ0n) is 11.2. The topological polar surface area (TPSA) is 45.2 Å². The van der Waals surface area contributed by atoms with E-state index in [1.54, 1.807) is 35.1 Å². The summed E-state index contributed by atoms with van der Waals surface area (Å²) in [5, 5.41) is 2.87. The van der Waals surface area contributed by atoms with Gasteiger partial charge in [0, 0.05) is 23.3 Å². The molecule has 0 aliphatic carbocycles. The van der Waals surface area contributed by atoms with Crippen LogP contribution in [0.4, 0.5) is 16.2 Å². The van der Waals surface area contributed by atoms with Crippen molar-refractivity contribution in [2.45, 2.75) is 11.3 Å². The molecule has 1 aliphatic rings. The van der Waals surface area contributed by atoms with Crippen molar-refractivity contribution in [3.05, 3.63) is 48.3 Å². The molecule has 2 aromatic rings. The van der Waals surface area contributed by atoms with Crippen molar-refractivity contribution in [3.8, 4) is 0 Å². The molecule has 0 fully saturated rings. The summed E-state index contributed by atoms with van der Waals surface area (Å²) in [4.78, 5) is 19.3. The summed E-state index contributed by atoms with van der Waals surface area (Å²) >= 11 is 1.72. The van der Waals surface area contributed by atoms with E-state index in [9.17, 15) is 4.79 Å². The fourth-order valence-electron chi connectivity index (χ4n) is 2.34. The van der Waals surface area contributed by atoms with Crippen molar-refractivity contribution in [1.29, 1.82) is 0 Å². The van der Waals surface area contributed by atoms with Crippen molar-refractivity contribution in [2.24, 2.45) is 0 Å². The van der Waals surface area contributed by atoms with Gasteiger partial charge in [0.15, 0.2) is 0 Å². The average molecular weight is 285 g/mol. The number of hydrogen-bond donors (Lipinski definition) is 1. The number of benzene rings is 1. The van der Waals surface area contributed by atoms with Gasteiger partial charge in [-0.3, -0.25) is 9.88 Å². The lowest BCUT2D eigenvalue weighted by molar-refractivity contribution is 0.257. The van der Waals surface area contributed by atoms with Crippen LogP contribution >= 0.6 is 11.8 Å². The molecular weight excluding hydrogens is 270 g/mol. The van der Waals surface area contributed by atoms with E-state index >= 15 is 0 Å². The lowest BCUT2D eigenvalue weighted by atomic mass is 10.2. The van der Waals surface area contributed by atoms with Crippen molar-refractivity contribution in [2.75, 3.05) is 23.0 Å². The Balaban J connectivity index is 1.79. The Morgan fingerprint density at radius 3 is 3.05 bits per heavy atom. The molecule has 0 bridgehead atoms. The van der Waals surface area contributed by atoms with Gasteiger partial charge in [-0.1, -0.05) is 0 Å². The van der Waals surface area contributed by atoms with Gasteiger partial charge < -0.3 is 5.32 Å². The largest absolute Gasteiger partial charge is 0.326 e. The fourth-order valence-corrected chi connectivity index (χ4v) is 2.81. The number of carbonyl (C=O) groups is 1.